The number of ether oxygens (including phenoxy) is 2. The lowest BCUT2D eigenvalue weighted by Gasteiger charge is -2.05. The highest BCUT2D eigenvalue weighted by Gasteiger charge is 2.16. The first kappa shape index (κ1) is 9.77. The molecule has 3 nitrogen and oxygen atoms in total. The Labute approximate surface area is 88.3 Å². The van der Waals surface area contributed by atoms with Gasteiger partial charge in [-0.1, -0.05) is 6.07 Å². The lowest BCUT2D eigenvalue weighted by molar-refractivity contribution is 0.0600. The molecule has 78 valence electrons. The van der Waals surface area contributed by atoms with E-state index in [0.717, 1.165) is 23.3 Å². The molecule has 0 N–H and O–H groups in total. The van der Waals surface area contributed by atoms with Crippen LogP contribution in [0.5, 0.6) is 0 Å². The second-order valence-corrected chi connectivity index (χ2v) is 3.34. The van der Waals surface area contributed by atoms with E-state index in [9.17, 15) is 4.79 Å². The van der Waals surface area contributed by atoms with Crippen LogP contribution in [0, 0.1) is 0 Å². The molecule has 0 aromatic heterocycles. The molecule has 0 aliphatic heterocycles. The summed E-state index contributed by atoms with van der Waals surface area (Å²) in [5, 5.41) is 0. The van der Waals surface area contributed by atoms with Crippen molar-refractivity contribution < 1.29 is 14.3 Å². The molecule has 0 saturated carbocycles. The number of esters is 1. The second kappa shape index (κ2) is 3.77. The Kier molecular flexibility index (Phi) is 2.46. The molecular formula is C12H12O3. The molecule has 0 saturated heterocycles. The number of rotatable bonds is 2. The van der Waals surface area contributed by atoms with Crippen molar-refractivity contribution in [3.63, 3.8) is 0 Å². The Balaban J connectivity index is 2.36. The number of benzene rings is 1. The zero-order chi connectivity index (χ0) is 10.8. The number of methoxy groups -OCH3 is 2. The smallest absolute Gasteiger partial charge is 0.337 e. The summed E-state index contributed by atoms with van der Waals surface area (Å²) < 4.78 is 9.87. The van der Waals surface area contributed by atoms with Crippen LogP contribution in [0.4, 0.5) is 0 Å². The van der Waals surface area contributed by atoms with Crippen LogP contribution in [-0.4, -0.2) is 20.2 Å². The van der Waals surface area contributed by atoms with E-state index < -0.39 is 0 Å². The van der Waals surface area contributed by atoms with Crippen LogP contribution in [0.2, 0.25) is 0 Å². The van der Waals surface area contributed by atoms with E-state index in [2.05, 4.69) is 4.74 Å². The highest BCUT2D eigenvalue weighted by molar-refractivity contribution is 5.90. The van der Waals surface area contributed by atoms with E-state index in [0.29, 0.717) is 5.56 Å². The van der Waals surface area contributed by atoms with Gasteiger partial charge in [0.25, 0.3) is 0 Å². The molecule has 0 bridgehead atoms. The summed E-state index contributed by atoms with van der Waals surface area (Å²) >= 11 is 0. The van der Waals surface area contributed by atoms with Crippen LogP contribution in [0.25, 0.3) is 5.76 Å². The van der Waals surface area contributed by atoms with Crippen LogP contribution in [0.15, 0.2) is 24.3 Å². The van der Waals surface area contributed by atoms with Crippen molar-refractivity contribution in [1.82, 2.24) is 0 Å². The topological polar surface area (TPSA) is 35.5 Å². The summed E-state index contributed by atoms with van der Waals surface area (Å²) in [6, 6.07) is 5.50. The van der Waals surface area contributed by atoms with Crippen molar-refractivity contribution >= 4 is 11.7 Å². The number of hydrogen-bond donors (Lipinski definition) is 0. The predicted molar refractivity (Wildman–Crippen MR) is 56.5 cm³/mol. The maximum Gasteiger partial charge on any atom is 0.337 e. The average molecular weight is 204 g/mol. The van der Waals surface area contributed by atoms with Gasteiger partial charge in [-0.3, -0.25) is 0 Å². The standard InChI is InChI=1S/C12H12O3/c1-14-11-6-4-8-7-9(12(13)15-2)3-5-10(8)11/h3,5-7H,4H2,1-2H3. The van der Waals surface area contributed by atoms with Gasteiger partial charge >= 0.3 is 5.97 Å². The highest BCUT2D eigenvalue weighted by atomic mass is 16.5. The van der Waals surface area contributed by atoms with Crippen molar-refractivity contribution in [1.29, 1.82) is 0 Å². The lowest BCUT2D eigenvalue weighted by atomic mass is 10.1. The molecule has 0 spiro atoms. The van der Waals surface area contributed by atoms with Gasteiger partial charge in [-0.05, 0) is 30.2 Å². The number of allylic oxidation sites excluding steroid dienone is 1. The van der Waals surface area contributed by atoms with Crippen LogP contribution >= 0.6 is 0 Å². The average Bonchev–Trinajstić information content (AvgIpc) is 2.69. The van der Waals surface area contributed by atoms with E-state index in [1.165, 1.54) is 7.11 Å². The van der Waals surface area contributed by atoms with E-state index in [4.69, 9.17) is 4.74 Å². The molecule has 1 aliphatic carbocycles. The molecule has 0 atom stereocenters. The van der Waals surface area contributed by atoms with Gasteiger partial charge in [0, 0.05) is 5.56 Å². The van der Waals surface area contributed by atoms with E-state index in [1.807, 2.05) is 18.2 Å². The first-order chi connectivity index (χ1) is 7.26. The monoisotopic (exact) mass is 204 g/mol. The van der Waals surface area contributed by atoms with Gasteiger partial charge in [0.05, 0.1) is 19.8 Å². The van der Waals surface area contributed by atoms with Crippen molar-refractivity contribution in [3.05, 3.63) is 41.0 Å². The SMILES string of the molecule is COC(=O)c1ccc2c(c1)CC=C2OC. The van der Waals surface area contributed by atoms with Crippen LogP contribution in [-0.2, 0) is 15.9 Å². The van der Waals surface area contributed by atoms with Crippen molar-refractivity contribution in [2.24, 2.45) is 0 Å². The fourth-order valence-corrected chi connectivity index (χ4v) is 1.75. The zero-order valence-corrected chi connectivity index (χ0v) is 8.74. The molecule has 0 heterocycles. The molecule has 1 aliphatic rings. The van der Waals surface area contributed by atoms with E-state index >= 15 is 0 Å². The Morgan fingerprint density at radius 2 is 2.13 bits per heavy atom. The highest BCUT2D eigenvalue weighted by Crippen LogP contribution is 2.28. The minimum absolute atomic E-state index is 0.302. The van der Waals surface area contributed by atoms with E-state index in [1.54, 1.807) is 13.2 Å². The van der Waals surface area contributed by atoms with Crippen molar-refractivity contribution in [2.75, 3.05) is 14.2 Å². The maximum atomic E-state index is 11.3. The van der Waals surface area contributed by atoms with Crippen molar-refractivity contribution in [3.8, 4) is 0 Å². The van der Waals surface area contributed by atoms with Crippen LogP contribution in [0.1, 0.15) is 21.5 Å². The summed E-state index contributed by atoms with van der Waals surface area (Å²) in [7, 11) is 3.03. The first-order valence-electron chi connectivity index (χ1n) is 4.72. The predicted octanol–water partition coefficient (Wildman–Crippen LogP) is 2.02. The fraction of sp³-hybridized carbons (Fsp3) is 0.250. The Morgan fingerprint density at radius 3 is 2.80 bits per heavy atom. The number of carbonyl (C=O) groups is 1. The molecule has 1 aromatic rings. The molecule has 0 fully saturated rings. The molecule has 2 rings (SSSR count). The lowest BCUT2D eigenvalue weighted by Crippen LogP contribution is -2.02. The van der Waals surface area contributed by atoms with Gasteiger partial charge in [-0.25, -0.2) is 4.79 Å². The summed E-state index contributed by atoms with van der Waals surface area (Å²) in [4.78, 5) is 11.3. The molecule has 1 aromatic carbocycles. The largest absolute Gasteiger partial charge is 0.496 e. The second-order valence-electron chi connectivity index (χ2n) is 3.34. The summed E-state index contributed by atoms with van der Waals surface area (Å²) in [6.07, 6.45) is 2.81. The van der Waals surface area contributed by atoms with E-state index in [-0.39, 0.29) is 5.97 Å². The number of fused-ring (bicyclic) bond motifs is 1. The normalized spacial score (nSPS) is 13.1. The fourth-order valence-electron chi connectivity index (χ4n) is 1.75. The van der Waals surface area contributed by atoms with Gasteiger partial charge in [-0.2, -0.15) is 0 Å². The van der Waals surface area contributed by atoms with Gasteiger partial charge in [0.1, 0.15) is 5.76 Å². The summed E-state index contributed by atoms with van der Waals surface area (Å²) in [5.74, 6) is 0.574. The maximum absolute atomic E-state index is 11.3. The third kappa shape index (κ3) is 1.61. The third-order valence-electron chi connectivity index (χ3n) is 2.52. The van der Waals surface area contributed by atoms with Gasteiger partial charge in [0.2, 0.25) is 0 Å². The summed E-state index contributed by atoms with van der Waals surface area (Å²) in [6.45, 7) is 0. The molecule has 0 unspecified atom stereocenters. The molecule has 3 heteroatoms. The minimum atomic E-state index is -0.302. The Morgan fingerprint density at radius 1 is 1.33 bits per heavy atom. The summed E-state index contributed by atoms with van der Waals surface area (Å²) in [5.41, 5.74) is 2.75. The molecule has 0 radical (unpaired) electrons. The molecule has 0 amide bonds. The van der Waals surface area contributed by atoms with Crippen LogP contribution in [0.3, 0.4) is 0 Å². The molecular weight excluding hydrogens is 192 g/mol. The zero-order valence-electron chi connectivity index (χ0n) is 8.74. The quantitative estimate of drug-likeness (QED) is 0.691. The van der Waals surface area contributed by atoms with Crippen molar-refractivity contribution in [2.45, 2.75) is 6.42 Å². The number of carbonyl (C=O) groups excluding carboxylic acids is 1. The molecule has 15 heavy (non-hydrogen) atoms. The first-order valence-corrected chi connectivity index (χ1v) is 4.72. The van der Waals surface area contributed by atoms with Crippen LogP contribution < -0.4 is 0 Å². The Hall–Kier alpha value is -1.77. The Bertz CT molecular complexity index is 432. The number of hydrogen-bond acceptors (Lipinski definition) is 3. The van der Waals surface area contributed by atoms with Gasteiger partial charge in [0.15, 0.2) is 0 Å². The third-order valence-corrected chi connectivity index (χ3v) is 2.52. The van der Waals surface area contributed by atoms with Gasteiger partial charge < -0.3 is 9.47 Å². The minimum Gasteiger partial charge on any atom is -0.496 e. The van der Waals surface area contributed by atoms with Gasteiger partial charge in [-0.15, -0.1) is 0 Å².